The molecular weight excluding hydrogens is 332 g/mol. The monoisotopic (exact) mass is 348 g/mol. The summed E-state index contributed by atoms with van der Waals surface area (Å²) in [4.78, 5) is 25.8. The van der Waals surface area contributed by atoms with Crippen molar-refractivity contribution in [2.75, 3.05) is 0 Å². The van der Waals surface area contributed by atoms with Gasteiger partial charge in [-0.2, -0.15) is 5.26 Å². The fourth-order valence-corrected chi connectivity index (χ4v) is 3.70. The summed E-state index contributed by atoms with van der Waals surface area (Å²) in [6, 6.07) is 8.86. The smallest absolute Gasteiger partial charge is 0.205 e. The van der Waals surface area contributed by atoms with Crippen LogP contribution in [-0.4, -0.2) is 5.78 Å². The first-order valence-corrected chi connectivity index (χ1v) is 8.35. The van der Waals surface area contributed by atoms with Crippen molar-refractivity contribution in [3.05, 3.63) is 69.1 Å². The molecule has 26 heavy (non-hydrogen) atoms. The maximum atomic E-state index is 13.0. The van der Waals surface area contributed by atoms with Crippen molar-refractivity contribution < 1.29 is 13.9 Å². The van der Waals surface area contributed by atoms with Gasteiger partial charge in [-0.05, 0) is 18.1 Å². The van der Waals surface area contributed by atoms with Crippen LogP contribution in [0, 0.1) is 17.2 Å². The third-order valence-electron chi connectivity index (χ3n) is 4.88. The summed E-state index contributed by atoms with van der Waals surface area (Å²) in [7, 11) is 0. The summed E-state index contributed by atoms with van der Waals surface area (Å²) in [5.41, 5.74) is 6.73. The van der Waals surface area contributed by atoms with Crippen LogP contribution in [0.2, 0.25) is 0 Å². The third kappa shape index (κ3) is 2.32. The molecule has 2 aliphatic rings. The lowest BCUT2D eigenvalue weighted by Gasteiger charge is -2.32. The Morgan fingerprint density at radius 3 is 2.77 bits per heavy atom. The molecule has 0 amide bonds. The SMILES string of the molecule is C[C@@H]1CC(=O)C2=C(C1)OC(N)=C(C#N)[C@@H]2c1coc2ccccc2c1=O. The van der Waals surface area contributed by atoms with Crippen LogP contribution in [0.5, 0.6) is 0 Å². The minimum Gasteiger partial charge on any atom is -0.464 e. The number of nitrogens with zero attached hydrogens (tertiary/aromatic N) is 1. The minimum atomic E-state index is -0.857. The Kier molecular flexibility index (Phi) is 3.66. The van der Waals surface area contributed by atoms with Gasteiger partial charge in [0.25, 0.3) is 0 Å². The summed E-state index contributed by atoms with van der Waals surface area (Å²) in [6.07, 6.45) is 2.20. The maximum Gasteiger partial charge on any atom is 0.205 e. The van der Waals surface area contributed by atoms with Gasteiger partial charge in [0.2, 0.25) is 5.88 Å². The van der Waals surface area contributed by atoms with Crippen molar-refractivity contribution in [2.45, 2.75) is 25.7 Å². The zero-order chi connectivity index (χ0) is 18.4. The lowest BCUT2D eigenvalue weighted by atomic mass is 9.75. The molecule has 0 fully saturated rings. The van der Waals surface area contributed by atoms with Crippen molar-refractivity contribution in [3.8, 4) is 6.07 Å². The van der Waals surface area contributed by atoms with Crippen LogP contribution >= 0.6 is 0 Å². The van der Waals surface area contributed by atoms with Gasteiger partial charge in [0.05, 0.1) is 17.6 Å². The normalized spacial score (nSPS) is 22.8. The molecule has 1 aromatic heterocycles. The van der Waals surface area contributed by atoms with Gasteiger partial charge >= 0.3 is 0 Å². The molecule has 0 saturated heterocycles. The molecule has 2 aromatic rings. The Bertz CT molecular complexity index is 1100. The summed E-state index contributed by atoms with van der Waals surface area (Å²) >= 11 is 0. The van der Waals surface area contributed by atoms with E-state index in [9.17, 15) is 14.9 Å². The van der Waals surface area contributed by atoms with E-state index in [1.165, 1.54) is 6.26 Å². The summed E-state index contributed by atoms with van der Waals surface area (Å²) < 4.78 is 11.2. The quantitative estimate of drug-likeness (QED) is 0.849. The number of benzene rings is 1. The molecule has 1 aromatic carbocycles. The Balaban J connectivity index is 1.99. The number of ketones is 1. The average molecular weight is 348 g/mol. The molecule has 0 saturated carbocycles. The number of hydrogen-bond donors (Lipinski definition) is 1. The fourth-order valence-electron chi connectivity index (χ4n) is 3.70. The second-order valence-corrected chi connectivity index (χ2v) is 6.71. The van der Waals surface area contributed by atoms with E-state index in [2.05, 4.69) is 0 Å². The zero-order valence-electron chi connectivity index (χ0n) is 14.1. The number of nitriles is 1. The topological polar surface area (TPSA) is 106 Å². The van der Waals surface area contributed by atoms with E-state index in [0.717, 1.165) is 0 Å². The Labute approximate surface area is 149 Å². The molecule has 6 heteroatoms. The first-order valence-electron chi connectivity index (χ1n) is 8.35. The number of hydrogen-bond acceptors (Lipinski definition) is 6. The summed E-state index contributed by atoms with van der Waals surface area (Å²) in [5.74, 6) is -0.485. The van der Waals surface area contributed by atoms with Crippen LogP contribution in [0.3, 0.4) is 0 Å². The number of fused-ring (bicyclic) bond motifs is 1. The highest BCUT2D eigenvalue weighted by atomic mass is 16.5. The Morgan fingerprint density at radius 1 is 1.23 bits per heavy atom. The lowest BCUT2D eigenvalue weighted by molar-refractivity contribution is -0.117. The van der Waals surface area contributed by atoms with E-state index in [1.807, 2.05) is 13.0 Å². The van der Waals surface area contributed by atoms with Crippen molar-refractivity contribution in [1.29, 1.82) is 5.26 Å². The fraction of sp³-hybridized carbons (Fsp3) is 0.250. The highest BCUT2D eigenvalue weighted by Crippen LogP contribution is 2.43. The zero-order valence-corrected chi connectivity index (χ0v) is 14.1. The van der Waals surface area contributed by atoms with Gasteiger partial charge in [-0.25, -0.2) is 0 Å². The van der Waals surface area contributed by atoms with E-state index in [1.54, 1.807) is 24.3 Å². The Hall–Kier alpha value is -3.33. The molecule has 1 aliphatic heterocycles. The molecule has 0 spiro atoms. The Morgan fingerprint density at radius 2 is 2.00 bits per heavy atom. The second-order valence-electron chi connectivity index (χ2n) is 6.71. The van der Waals surface area contributed by atoms with Gasteiger partial charge in [0, 0.05) is 24.0 Å². The first kappa shape index (κ1) is 16.2. The van der Waals surface area contributed by atoms with Crippen LogP contribution < -0.4 is 11.2 Å². The van der Waals surface area contributed by atoms with Crippen LogP contribution in [0.4, 0.5) is 0 Å². The van der Waals surface area contributed by atoms with Gasteiger partial charge in [0.15, 0.2) is 11.2 Å². The number of carbonyl (C=O) groups is 1. The van der Waals surface area contributed by atoms with E-state index in [-0.39, 0.29) is 34.1 Å². The number of nitrogens with two attached hydrogens (primary N) is 1. The molecule has 0 bridgehead atoms. The molecular formula is C20H16N2O4. The van der Waals surface area contributed by atoms with E-state index < -0.39 is 5.92 Å². The number of para-hydroxylation sites is 1. The van der Waals surface area contributed by atoms with Gasteiger partial charge in [-0.15, -0.1) is 0 Å². The predicted octanol–water partition coefficient (Wildman–Crippen LogP) is 2.85. The molecule has 130 valence electrons. The van der Waals surface area contributed by atoms with Crippen LogP contribution in [0.1, 0.15) is 31.2 Å². The van der Waals surface area contributed by atoms with Crippen molar-refractivity contribution in [1.82, 2.24) is 0 Å². The highest BCUT2D eigenvalue weighted by molar-refractivity contribution is 5.99. The molecule has 2 heterocycles. The number of Topliss-reactive ketones (excluding diaryl/α,β-unsaturated/α-hetero) is 1. The van der Waals surface area contributed by atoms with Gasteiger partial charge < -0.3 is 14.9 Å². The molecule has 2 atom stereocenters. The molecule has 6 nitrogen and oxygen atoms in total. The van der Waals surface area contributed by atoms with Gasteiger partial charge in [-0.1, -0.05) is 19.1 Å². The van der Waals surface area contributed by atoms with Crippen LogP contribution in [0.25, 0.3) is 11.0 Å². The van der Waals surface area contributed by atoms with Crippen molar-refractivity contribution in [3.63, 3.8) is 0 Å². The van der Waals surface area contributed by atoms with Crippen LogP contribution in [-0.2, 0) is 9.53 Å². The third-order valence-corrected chi connectivity index (χ3v) is 4.88. The minimum absolute atomic E-state index is 0.0641. The average Bonchev–Trinajstić information content (AvgIpc) is 2.61. The number of allylic oxidation sites excluding steroid dienone is 3. The standard InChI is InChI=1S/C20H16N2O4/c1-10-6-14(23)18-16(7-10)26-20(22)12(8-21)17(18)13-9-25-15-5-3-2-4-11(15)19(13)24/h2-5,9-10,17H,6-7,22H2,1H3/t10-,17-/m1/s1. The van der Waals surface area contributed by atoms with E-state index in [0.29, 0.717) is 35.1 Å². The number of rotatable bonds is 1. The van der Waals surface area contributed by atoms with E-state index >= 15 is 0 Å². The largest absolute Gasteiger partial charge is 0.464 e. The summed E-state index contributed by atoms with van der Waals surface area (Å²) in [5, 5.41) is 9.99. The van der Waals surface area contributed by atoms with Crippen molar-refractivity contribution in [2.24, 2.45) is 11.7 Å². The number of ether oxygens (including phenoxy) is 1. The van der Waals surface area contributed by atoms with Gasteiger partial charge in [0.1, 0.15) is 23.0 Å². The first-order chi connectivity index (χ1) is 12.5. The lowest BCUT2D eigenvalue weighted by Crippen LogP contribution is -2.31. The van der Waals surface area contributed by atoms with Crippen LogP contribution in [0.15, 0.2) is 62.5 Å². The second kappa shape index (κ2) is 5.88. The molecule has 1 aliphatic carbocycles. The van der Waals surface area contributed by atoms with Gasteiger partial charge in [-0.3, -0.25) is 9.59 Å². The number of carbonyl (C=O) groups excluding carboxylic acids is 1. The molecule has 2 N–H and O–H groups in total. The molecule has 4 rings (SSSR count). The summed E-state index contributed by atoms with van der Waals surface area (Å²) in [6.45, 7) is 1.95. The predicted molar refractivity (Wildman–Crippen MR) is 93.6 cm³/mol. The highest BCUT2D eigenvalue weighted by Gasteiger charge is 2.41. The van der Waals surface area contributed by atoms with Crippen molar-refractivity contribution >= 4 is 16.8 Å². The van der Waals surface area contributed by atoms with E-state index in [4.69, 9.17) is 14.9 Å². The maximum absolute atomic E-state index is 13.0. The molecule has 0 radical (unpaired) electrons. The molecule has 0 unspecified atom stereocenters.